The second-order valence-corrected chi connectivity index (χ2v) is 5.61. The van der Waals surface area contributed by atoms with E-state index in [9.17, 15) is 14.4 Å². The Bertz CT molecular complexity index is 618. The van der Waals surface area contributed by atoms with Crippen molar-refractivity contribution in [2.45, 2.75) is 39.7 Å². The van der Waals surface area contributed by atoms with E-state index >= 15 is 0 Å². The number of rotatable bonds is 3. The van der Waals surface area contributed by atoms with E-state index in [1.54, 1.807) is 25.7 Å². The lowest BCUT2D eigenvalue weighted by Gasteiger charge is -2.31. The highest BCUT2D eigenvalue weighted by Crippen LogP contribution is 2.15. The summed E-state index contributed by atoms with van der Waals surface area (Å²) in [6, 6.07) is 1.30. The monoisotopic (exact) mass is 322 g/mol. The zero-order valence-corrected chi connectivity index (χ0v) is 13.7. The number of nitrogens with zero attached hydrogens (tertiary/aromatic N) is 1. The van der Waals surface area contributed by atoms with Gasteiger partial charge in [-0.3, -0.25) is 4.79 Å². The minimum absolute atomic E-state index is 0.0149. The largest absolute Gasteiger partial charge is 0.450 e. The second kappa shape index (κ2) is 7.30. The Morgan fingerprint density at radius 3 is 2.57 bits per heavy atom. The summed E-state index contributed by atoms with van der Waals surface area (Å²) in [7, 11) is 0. The number of hydrogen-bond donors (Lipinski definition) is 1. The third-order valence-electron chi connectivity index (χ3n) is 3.92. The molecule has 0 aliphatic carbocycles. The van der Waals surface area contributed by atoms with Gasteiger partial charge in [0.1, 0.15) is 5.76 Å². The van der Waals surface area contributed by atoms with Gasteiger partial charge in [0.05, 0.1) is 12.2 Å². The summed E-state index contributed by atoms with van der Waals surface area (Å²) >= 11 is 0. The third kappa shape index (κ3) is 4.12. The highest BCUT2D eigenvalue weighted by atomic mass is 16.6. The maximum absolute atomic E-state index is 12.4. The lowest BCUT2D eigenvalue weighted by molar-refractivity contribution is 0.0857. The van der Waals surface area contributed by atoms with Crippen molar-refractivity contribution in [1.82, 2.24) is 10.2 Å². The van der Waals surface area contributed by atoms with E-state index in [4.69, 9.17) is 9.15 Å². The van der Waals surface area contributed by atoms with E-state index < -0.39 is 5.63 Å². The molecule has 126 valence electrons. The van der Waals surface area contributed by atoms with Crippen LogP contribution in [0.15, 0.2) is 15.3 Å². The van der Waals surface area contributed by atoms with Gasteiger partial charge in [-0.1, -0.05) is 0 Å². The molecule has 23 heavy (non-hydrogen) atoms. The summed E-state index contributed by atoms with van der Waals surface area (Å²) in [6.45, 7) is 6.53. The van der Waals surface area contributed by atoms with Crippen LogP contribution in [-0.4, -0.2) is 42.6 Å². The minimum atomic E-state index is -0.459. The smallest absolute Gasteiger partial charge is 0.409 e. The van der Waals surface area contributed by atoms with Gasteiger partial charge >= 0.3 is 11.7 Å². The van der Waals surface area contributed by atoms with Gasteiger partial charge in [-0.05, 0) is 39.2 Å². The Morgan fingerprint density at radius 2 is 2.00 bits per heavy atom. The lowest BCUT2D eigenvalue weighted by Crippen LogP contribution is -2.47. The predicted octanol–water partition coefficient (Wildman–Crippen LogP) is 1.61. The molecule has 7 heteroatoms. The molecule has 7 nitrogen and oxygen atoms in total. The molecule has 0 unspecified atom stereocenters. The van der Waals surface area contributed by atoms with Crippen molar-refractivity contribution in [2.24, 2.45) is 0 Å². The van der Waals surface area contributed by atoms with Crippen LogP contribution in [0.25, 0.3) is 0 Å². The molecule has 0 radical (unpaired) electrons. The number of ether oxygens (including phenoxy) is 1. The molecule has 1 aromatic rings. The molecule has 0 atom stereocenters. The molecule has 1 aromatic heterocycles. The van der Waals surface area contributed by atoms with Gasteiger partial charge < -0.3 is 19.4 Å². The van der Waals surface area contributed by atoms with E-state index in [0.717, 1.165) is 0 Å². The topological polar surface area (TPSA) is 88.9 Å². The molecule has 2 heterocycles. The Hall–Kier alpha value is -2.31. The molecule has 1 aliphatic heterocycles. The van der Waals surface area contributed by atoms with Crippen molar-refractivity contribution in [1.29, 1.82) is 0 Å². The van der Waals surface area contributed by atoms with Crippen molar-refractivity contribution in [3.05, 3.63) is 33.4 Å². The molecule has 2 amide bonds. The number of amides is 2. The van der Waals surface area contributed by atoms with Gasteiger partial charge in [0.2, 0.25) is 0 Å². The number of likely N-dealkylation sites (tertiary alicyclic amines) is 1. The zero-order valence-electron chi connectivity index (χ0n) is 13.7. The molecule has 2 rings (SSSR count). The SMILES string of the molecule is CCOC(=O)N1CCC(NC(=O)c2c(C)cc(=O)oc2C)CC1. The summed E-state index contributed by atoms with van der Waals surface area (Å²) in [6.07, 6.45) is 1.02. The van der Waals surface area contributed by atoms with E-state index in [1.807, 2.05) is 0 Å². The standard InChI is InChI=1S/C16H22N2O5/c1-4-22-16(21)18-7-5-12(6-8-18)17-15(20)14-10(2)9-13(19)23-11(14)3/h9,12H,4-8H2,1-3H3,(H,17,20). The number of hydrogen-bond acceptors (Lipinski definition) is 5. The van der Waals surface area contributed by atoms with Crippen molar-refractivity contribution in [2.75, 3.05) is 19.7 Å². The summed E-state index contributed by atoms with van der Waals surface area (Å²) in [4.78, 5) is 37.0. The van der Waals surface area contributed by atoms with Crippen LogP contribution >= 0.6 is 0 Å². The van der Waals surface area contributed by atoms with Gasteiger partial charge in [0.15, 0.2) is 0 Å². The first kappa shape index (κ1) is 17.1. The number of aryl methyl sites for hydroxylation is 2. The van der Waals surface area contributed by atoms with Crippen molar-refractivity contribution in [3.8, 4) is 0 Å². The van der Waals surface area contributed by atoms with Crippen LogP contribution < -0.4 is 10.9 Å². The maximum Gasteiger partial charge on any atom is 0.409 e. The van der Waals surface area contributed by atoms with Crippen molar-refractivity contribution < 1.29 is 18.7 Å². The van der Waals surface area contributed by atoms with Crippen LogP contribution in [0.3, 0.4) is 0 Å². The highest BCUT2D eigenvalue weighted by molar-refractivity contribution is 5.96. The molecule has 0 spiro atoms. The molecule has 1 aliphatic rings. The summed E-state index contributed by atoms with van der Waals surface area (Å²) < 4.78 is 9.96. The molecule has 1 fully saturated rings. The third-order valence-corrected chi connectivity index (χ3v) is 3.92. The molecule has 0 bridgehead atoms. The second-order valence-electron chi connectivity index (χ2n) is 5.61. The van der Waals surface area contributed by atoms with Crippen LogP contribution in [0.4, 0.5) is 4.79 Å². The van der Waals surface area contributed by atoms with Crippen LogP contribution in [0.5, 0.6) is 0 Å². The Balaban J connectivity index is 1.96. The van der Waals surface area contributed by atoms with Gasteiger partial charge in [-0.2, -0.15) is 0 Å². The average molecular weight is 322 g/mol. The molecule has 1 saturated heterocycles. The summed E-state index contributed by atoms with van der Waals surface area (Å²) in [5, 5.41) is 2.95. The average Bonchev–Trinajstić information content (AvgIpc) is 2.47. The van der Waals surface area contributed by atoms with E-state index in [2.05, 4.69) is 5.32 Å². The van der Waals surface area contributed by atoms with Gasteiger partial charge in [-0.15, -0.1) is 0 Å². The first-order valence-corrected chi connectivity index (χ1v) is 7.76. The number of carbonyl (C=O) groups excluding carboxylic acids is 2. The summed E-state index contributed by atoms with van der Waals surface area (Å²) in [5.41, 5.74) is 0.539. The molecule has 0 saturated carbocycles. The molecular weight excluding hydrogens is 300 g/mol. The van der Waals surface area contributed by atoms with Crippen LogP contribution in [-0.2, 0) is 4.74 Å². The van der Waals surface area contributed by atoms with Crippen molar-refractivity contribution in [3.63, 3.8) is 0 Å². The van der Waals surface area contributed by atoms with Crippen LogP contribution in [0.1, 0.15) is 41.4 Å². The van der Waals surface area contributed by atoms with E-state index in [0.29, 0.717) is 49.4 Å². The first-order valence-electron chi connectivity index (χ1n) is 7.76. The number of carbonyl (C=O) groups is 2. The Kier molecular flexibility index (Phi) is 5.41. The Labute approximate surface area is 134 Å². The van der Waals surface area contributed by atoms with Gasteiger partial charge in [0.25, 0.3) is 5.91 Å². The quantitative estimate of drug-likeness (QED) is 0.913. The number of nitrogens with one attached hydrogen (secondary N) is 1. The minimum Gasteiger partial charge on any atom is -0.450 e. The van der Waals surface area contributed by atoms with Crippen molar-refractivity contribution >= 4 is 12.0 Å². The lowest BCUT2D eigenvalue weighted by atomic mass is 10.0. The number of piperidine rings is 1. The van der Waals surface area contributed by atoms with Gasteiger partial charge in [-0.25, -0.2) is 9.59 Å². The zero-order chi connectivity index (χ0) is 17.0. The Morgan fingerprint density at radius 1 is 1.35 bits per heavy atom. The fourth-order valence-corrected chi connectivity index (χ4v) is 2.78. The highest BCUT2D eigenvalue weighted by Gasteiger charge is 2.26. The maximum atomic E-state index is 12.4. The molecular formula is C16H22N2O5. The predicted molar refractivity (Wildman–Crippen MR) is 83.5 cm³/mol. The fraction of sp³-hybridized carbons (Fsp3) is 0.562. The van der Waals surface area contributed by atoms with Crippen LogP contribution in [0, 0.1) is 13.8 Å². The molecule has 0 aromatic carbocycles. The van der Waals surface area contributed by atoms with Crippen LogP contribution in [0.2, 0.25) is 0 Å². The van der Waals surface area contributed by atoms with Gasteiger partial charge in [0, 0.05) is 25.2 Å². The molecule has 1 N–H and O–H groups in total. The first-order chi connectivity index (χ1) is 10.9. The fourth-order valence-electron chi connectivity index (χ4n) is 2.78. The normalized spacial score (nSPS) is 15.3. The van der Waals surface area contributed by atoms with E-state index in [1.165, 1.54) is 6.07 Å². The summed E-state index contributed by atoms with van der Waals surface area (Å²) in [5.74, 6) is 0.0646. The van der Waals surface area contributed by atoms with E-state index in [-0.39, 0.29) is 18.0 Å².